The maximum absolute atomic E-state index is 5.99. The fraction of sp³-hybridized carbons (Fsp3) is 1.00. The number of rotatable bonds is 12. The van der Waals surface area contributed by atoms with E-state index < -0.39 is 0 Å². The molecule has 1 aliphatic heterocycles. The first kappa shape index (κ1) is 17.3. The van der Waals surface area contributed by atoms with Crippen LogP contribution in [0.5, 0.6) is 0 Å². The summed E-state index contributed by atoms with van der Waals surface area (Å²) in [5.41, 5.74) is 0. The molecule has 0 N–H and O–H groups in total. The lowest BCUT2D eigenvalue weighted by Crippen LogP contribution is -2.31. The summed E-state index contributed by atoms with van der Waals surface area (Å²) in [4.78, 5) is 2.61. The van der Waals surface area contributed by atoms with Crippen LogP contribution in [0.4, 0.5) is 0 Å². The van der Waals surface area contributed by atoms with Crippen molar-refractivity contribution in [3.05, 3.63) is 0 Å². The van der Waals surface area contributed by atoms with Crippen LogP contribution in [-0.2, 0) is 0 Å². The van der Waals surface area contributed by atoms with Crippen LogP contribution in [0.1, 0.15) is 84.0 Å². The van der Waals surface area contributed by atoms with Crippen molar-refractivity contribution in [2.75, 3.05) is 19.0 Å². The summed E-state index contributed by atoms with van der Waals surface area (Å²) in [6.07, 6.45) is 17.0. The Labute approximate surface area is 126 Å². The van der Waals surface area contributed by atoms with Crippen LogP contribution in [0.15, 0.2) is 0 Å². The van der Waals surface area contributed by atoms with Crippen molar-refractivity contribution in [1.29, 1.82) is 0 Å². The summed E-state index contributed by atoms with van der Waals surface area (Å²) in [5, 5.41) is 0. The number of halogens is 1. The van der Waals surface area contributed by atoms with E-state index in [0.717, 1.165) is 5.88 Å². The van der Waals surface area contributed by atoms with Gasteiger partial charge in [-0.05, 0) is 32.4 Å². The van der Waals surface area contributed by atoms with Gasteiger partial charge in [-0.15, -0.1) is 11.6 Å². The highest BCUT2D eigenvalue weighted by Gasteiger charge is 2.22. The van der Waals surface area contributed by atoms with Crippen LogP contribution in [0.25, 0.3) is 0 Å². The third-order valence-electron chi connectivity index (χ3n) is 4.48. The fourth-order valence-corrected chi connectivity index (χ4v) is 3.52. The Morgan fingerprint density at radius 1 is 0.895 bits per heavy atom. The molecule has 0 radical (unpaired) electrons. The molecule has 0 aromatic heterocycles. The number of unbranched alkanes of at least 4 members (excludes halogenated alkanes) is 9. The van der Waals surface area contributed by atoms with Crippen LogP contribution in [0, 0.1) is 0 Å². The Kier molecular flexibility index (Phi) is 11.0. The van der Waals surface area contributed by atoms with Gasteiger partial charge in [0.2, 0.25) is 0 Å². The largest absolute Gasteiger partial charge is 0.299 e. The fourth-order valence-electron chi connectivity index (χ4n) is 3.17. The van der Waals surface area contributed by atoms with Gasteiger partial charge >= 0.3 is 0 Å². The van der Waals surface area contributed by atoms with E-state index in [9.17, 15) is 0 Å². The molecule has 1 rings (SSSR count). The minimum atomic E-state index is 0.681. The van der Waals surface area contributed by atoms with Gasteiger partial charge in [0.05, 0.1) is 0 Å². The second-order valence-corrected chi connectivity index (χ2v) is 6.48. The first-order valence-corrected chi connectivity index (χ1v) is 9.22. The molecule has 1 unspecified atom stereocenters. The Bertz CT molecular complexity index is 196. The molecule has 0 amide bonds. The molecule has 1 fully saturated rings. The summed E-state index contributed by atoms with van der Waals surface area (Å²) < 4.78 is 0. The van der Waals surface area contributed by atoms with Crippen LogP contribution >= 0.6 is 11.6 Å². The van der Waals surface area contributed by atoms with E-state index in [1.165, 1.54) is 90.1 Å². The van der Waals surface area contributed by atoms with Gasteiger partial charge in [-0.1, -0.05) is 64.7 Å². The SMILES string of the molecule is CCCCCCCCCCCCN1CCCC1CCl. The van der Waals surface area contributed by atoms with Gasteiger partial charge < -0.3 is 0 Å². The third-order valence-corrected chi connectivity index (χ3v) is 4.83. The van der Waals surface area contributed by atoms with Crippen molar-refractivity contribution in [1.82, 2.24) is 4.90 Å². The first-order chi connectivity index (χ1) is 9.38. The average molecular weight is 288 g/mol. The monoisotopic (exact) mass is 287 g/mol. The lowest BCUT2D eigenvalue weighted by Gasteiger charge is -2.22. The van der Waals surface area contributed by atoms with Crippen LogP contribution in [0.2, 0.25) is 0 Å². The van der Waals surface area contributed by atoms with Gasteiger partial charge in [0.15, 0.2) is 0 Å². The van der Waals surface area contributed by atoms with E-state index in [1.807, 2.05) is 0 Å². The van der Waals surface area contributed by atoms with Crippen LogP contribution < -0.4 is 0 Å². The highest BCUT2D eigenvalue weighted by molar-refractivity contribution is 6.18. The molecule has 0 aromatic carbocycles. The molecule has 0 aromatic rings. The van der Waals surface area contributed by atoms with E-state index >= 15 is 0 Å². The van der Waals surface area contributed by atoms with Gasteiger partial charge in [-0.25, -0.2) is 0 Å². The van der Waals surface area contributed by atoms with Gasteiger partial charge in [0, 0.05) is 11.9 Å². The predicted octanol–water partition coefficient (Wildman–Crippen LogP) is 5.61. The average Bonchev–Trinajstić information content (AvgIpc) is 2.88. The second kappa shape index (κ2) is 12.0. The summed E-state index contributed by atoms with van der Waals surface area (Å²) >= 11 is 5.99. The highest BCUT2D eigenvalue weighted by Crippen LogP contribution is 2.19. The van der Waals surface area contributed by atoms with E-state index in [-0.39, 0.29) is 0 Å². The van der Waals surface area contributed by atoms with E-state index in [4.69, 9.17) is 11.6 Å². The molecule has 1 atom stereocenters. The van der Waals surface area contributed by atoms with Crippen molar-refractivity contribution in [2.45, 2.75) is 90.0 Å². The lowest BCUT2D eigenvalue weighted by atomic mass is 10.1. The lowest BCUT2D eigenvalue weighted by molar-refractivity contribution is 0.264. The van der Waals surface area contributed by atoms with Crippen molar-refractivity contribution >= 4 is 11.6 Å². The molecule has 0 aliphatic carbocycles. The standard InChI is InChI=1S/C17H34ClN/c1-2-3-4-5-6-7-8-9-10-11-14-19-15-12-13-17(19)16-18/h17H,2-16H2,1H3. The maximum Gasteiger partial charge on any atom is 0.0379 e. The molecule has 0 bridgehead atoms. The molecule has 1 heterocycles. The van der Waals surface area contributed by atoms with Crippen molar-refractivity contribution in [2.24, 2.45) is 0 Å². The molecule has 1 aliphatic rings. The topological polar surface area (TPSA) is 3.24 Å². The van der Waals surface area contributed by atoms with E-state index in [2.05, 4.69) is 11.8 Å². The third kappa shape index (κ3) is 8.19. The van der Waals surface area contributed by atoms with Gasteiger partial charge in [0.1, 0.15) is 0 Å². The smallest absolute Gasteiger partial charge is 0.0379 e. The quantitative estimate of drug-likeness (QED) is 0.333. The Morgan fingerprint density at radius 3 is 2.05 bits per heavy atom. The minimum Gasteiger partial charge on any atom is -0.299 e. The van der Waals surface area contributed by atoms with Gasteiger partial charge in [-0.2, -0.15) is 0 Å². The van der Waals surface area contributed by atoms with E-state index in [1.54, 1.807) is 0 Å². The zero-order valence-corrected chi connectivity index (χ0v) is 13.8. The predicted molar refractivity (Wildman–Crippen MR) is 87.2 cm³/mol. The Balaban J connectivity index is 1.81. The van der Waals surface area contributed by atoms with Gasteiger partial charge in [0.25, 0.3) is 0 Å². The highest BCUT2D eigenvalue weighted by atomic mass is 35.5. The molecular weight excluding hydrogens is 254 g/mol. The van der Waals surface area contributed by atoms with Gasteiger partial charge in [-0.3, -0.25) is 4.90 Å². The summed E-state index contributed by atoms with van der Waals surface area (Å²) in [6, 6.07) is 0.681. The molecule has 0 saturated carbocycles. The minimum absolute atomic E-state index is 0.681. The molecule has 114 valence electrons. The summed E-state index contributed by atoms with van der Waals surface area (Å²) in [5.74, 6) is 0.831. The number of nitrogens with zero attached hydrogens (tertiary/aromatic N) is 1. The zero-order chi connectivity index (χ0) is 13.8. The normalized spacial score (nSPS) is 20.2. The van der Waals surface area contributed by atoms with Crippen LogP contribution in [0.3, 0.4) is 0 Å². The molecule has 0 spiro atoms. The maximum atomic E-state index is 5.99. The zero-order valence-electron chi connectivity index (χ0n) is 13.0. The number of likely N-dealkylation sites (tertiary alicyclic amines) is 1. The molecule has 2 heteroatoms. The Morgan fingerprint density at radius 2 is 1.47 bits per heavy atom. The summed E-state index contributed by atoms with van der Waals surface area (Å²) in [7, 11) is 0. The molecular formula is C17H34ClN. The molecule has 19 heavy (non-hydrogen) atoms. The first-order valence-electron chi connectivity index (χ1n) is 8.68. The number of alkyl halides is 1. The van der Waals surface area contributed by atoms with Crippen molar-refractivity contribution in [3.8, 4) is 0 Å². The van der Waals surface area contributed by atoms with Crippen molar-refractivity contribution < 1.29 is 0 Å². The van der Waals surface area contributed by atoms with E-state index in [0.29, 0.717) is 6.04 Å². The Hall–Kier alpha value is 0.250. The molecule has 1 saturated heterocycles. The van der Waals surface area contributed by atoms with Crippen LogP contribution in [-0.4, -0.2) is 29.9 Å². The van der Waals surface area contributed by atoms with Crippen molar-refractivity contribution in [3.63, 3.8) is 0 Å². The molecule has 1 nitrogen and oxygen atoms in total. The second-order valence-electron chi connectivity index (χ2n) is 6.17. The number of hydrogen-bond acceptors (Lipinski definition) is 1. The summed E-state index contributed by atoms with van der Waals surface area (Å²) in [6.45, 7) is 4.86. The number of hydrogen-bond donors (Lipinski definition) is 0.